The van der Waals surface area contributed by atoms with Crippen molar-refractivity contribution >= 4 is 22.2 Å². The fourth-order valence-electron chi connectivity index (χ4n) is 1.35. The number of amides is 1. The van der Waals surface area contributed by atoms with Crippen molar-refractivity contribution in [1.82, 2.24) is 0 Å². The second-order valence-electron chi connectivity index (χ2n) is 3.57. The number of phenolic OH excluding ortho intramolecular Hbond substituents is 2. The van der Waals surface area contributed by atoms with Gasteiger partial charge in [0, 0.05) is 10.4 Å². The molecule has 0 unspecified atom stereocenters. The SMILES string of the molecule is Cc1ccc(NC(=O)c2ccc(O)c(O)c2)s1. The summed E-state index contributed by atoms with van der Waals surface area (Å²) < 4.78 is 0. The Kier molecular flexibility index (Phi) is 3.01. The second-order valence-corrected chi connectivity index (χ2v) is 4.86. The molecule has 17 heavy (non-hydrogen) atoms. The van der Waals surface area contributed by atoms with E-state index < -0.39 is 0 Å². The summed E-state index contributed by atoms with van der Waals surface area (Å²) in [6.07, 6.45) is 0. The normalized spacial score (nSPS) is 10.2. The lowest BCUT2D eigenvalue weighted by molar-refractivity contribution is 0.102. The molecular formula is C12H11NO3S. The summed E-state index contributed by atoms with van der Waals surface area (Å²) in [5.74, 6) is -0.865. The van der Waals surface area contributed by atoms with E-state index in [9.17, 15) is 9.90 Å². The first-order valence-electron chi connectivity index (χ1n) is 4.96. The number of hydrogen-bond acceptors (Lipinski definition) is 4. The minimum absolute atomic E-state index is 0.242. The summed E-state index contributed by atoms with van der Waals surface area (Å²) in [5, 5.41) is 21.9. The summed E-state index contributed by atoms with van der Waals surface area (Å²) in [7, 11) is 0. The van der Waals surface area contributed by atoms with Gasteiger partial charge >= 0.3 is 0 Å². The van der Waals surface area contributed by atoms with Crippen molar-refractivity contribution in [3.8, 4) is 11.5 Å². The number of rotatable bonds is 2. The monoisotopic (exact) mass is 249 g/mol. The van der Waals surface area contributed by atoms with Crippen molar-refractivity contribution in [2.45, 2.75) is 6.92 Å². The highest BCUT2D eigenvalue weighted by molar-refractivity contribution is 7.16. The summed E-state index contributed by atoms with van der Waals surface area (Å²) >= 11 is 1.47. The van der Waals surface area contributed by atoms with Crippen LogP contribution in [0.15, 0.2) is 30.3 Å². The molecule has 0 aliphatic carbocycles. The van der Waals surface area contributed by atoms with E-state index in [1.54, 1.807) is 0 Å². The summed E-state index contributed by atoms with van der Waals surface area (Å²) in [6.45, 7) is 1.95. The predicted molar refractivity (Wildman–Crippen MR) is 66.8 cm³/mol. The predicted octanol–water partition coefficient (Wildman–Crippen LogP) is 2.72. The third-order valence-electron chi connectivity index (χ3n) is 2.21. The number of benzene rings is 1. The van der Waals surface area contributed by atoms with E-state index in [-0.39, 0.29) is 17.4 Å². The average molecular weight is 249 g/mol. The molecule has 5 heteroatoms. The molecule has 88 valence electrons. The van der Waals surface area contributed by atoms with Gasteiger partial charge in [-0.1, -0.05) is 0 Å². The van der Waals surface area contributed by atoms with Crippen LogP contribution in [0, 0.1) is 6.92 Å². The van der Waals surface area contributed by atoms with Crippen LogP contribution in [0.4, 0.5) is 5.00 Å². The Morgan fingerprint density at radius 1 is 1.18 bits per heavy atom. The first-order chi connectivity index (χ1) is 8.06. The van der Waals surface area contributed by atoms with Crippen LogP contribution in [0.2, 0.25) is 0 Å². The minimum atomic E-state index is -0.317. The fraction of sp³-hybridized carbons (Fsp3) is 0.0833. The highest BCUT2D eigenvalue weighted by Crippen LogP contribution is 2.26. The first kappa shape index (κ1) is 11.5. The molecule has 0 bridgehead atoms. The van der Waals surface area contributed by atoms with Gasteiger partial charge in [-0.15, -0.1) is 11.3 Å². The summed E-state index contributed by atoms with van der Waals surface area (Å²) in [4.78, 5) is 12.9. The number of aromatic hydroxyl groups is 2. The van der Waals surface area contributed by atoms with Gasteiger partial charge in [0.05, 0.1) is 5.00 Å². The summed E-state index contributed by atoms with van der Waals surface area (Å²) in [6, 6.07) is 7.69. The smallest absolute Gasteiger partial charge is 0.256 e. The van der Waals surface area contributed by atoms with E-state index in [4.69, 9.17) is 5.11 Å². The molecule has 0 saturated heterocycles. The highest BCUT2D eigenvalue weighted by Gasteiger charge is 2.09. The van der Waals surface area contributed by atoms with Crippen molar-refractivity contribution in [3.63, 3.8) is 0 Å². The van der Waals surface area contributed by atoms with Crippen molar-refractivity contribution in [3.05, 3.63) is 40.8 Å². The van der Waals surface area contributed by atoms with Crippen LogP contribution >= 0.6 is 11.3 Å². The lowest BCUT2D eigenvalue weighted by Gasteiger charge is -2.03. The molecule has 0 aliphatic heterocycles. The largest absolute Gasteiger partial charge is 0.504 e. The number of carbonyl (C=O) groups is 1. The molecule has 1 aromatic heterocycles. The van der Waals surface area contributed by atoms with Gasteiger partial charge in [-0.3, -0.25) is 4.79 Å². The lowest BCUT2D eigenvalue weighted by Crippen LogP contribution is -2.10. The standard InChI is InChI=1S/C12H11NO3S/c1-7-2-5-11(17-7)13-12(16)8-3-4-9(14)10(15)6-8/h2-6,14-15H,1H3,(H,13,16). The maximum Gasteiger partial charge on any atom is 0.256 e. The van der Waals surface area contributed by atoms with Gasteiger partial charge < -0.3 is 15.5 Å². The van der Waals surface area contributed by atoms with Gasteiger partial charge in [-0.2, -0.15) is 0 Å². The van der Waals surface area contributed by atoms with Gasteiger partial charge in [-0.05, 0) is 37.3 Å². The maximum atomic E-state index is 11.8. The molecule has 1 amide bonds. The summed E-state index contributed by atoms with van der Waals surface area (Å²) in [5.41, 5.74) is 0.298. The van der Waals surface area contributed by atoms with Gasteiger partial charge in [0.1, 0.15) is 0 Å². The number of aryl methyl sites for hydroxylation is 1. The van der Waals surface area contributed by atoms with Gasteiger partial charge in [0.15, 0.2) is 11.5 Å². The molecule has 2 rings (SSSR count). The Balaban J connectivity index is 2.17. The van der Waals surface area contributed by atoms with Crippen LogP contribution in [-0.4, -0.2) is 16.1 Å². The third kappa shape index (κ3) is 2.57. The molecule has 0 fully saturated rings. The van der Waals surface area contributed by atoms with Gasteiger partial charge in [0.25, 0.3) is 5.91 Å². The topological polar surface area (TPSA) is 69.6 Å². The molecule has 1 heterocycles. The van der Waals surface area contributed by atoms with E-state index in [1.165, 1.54) is 29.5 Å². The molecule has 0 spiro atoms. The van der Waals surface area contributed by atoms with Crippen molar-refractivity contribution in [2.24, 2.45) is 0 Å². The number of phenols is 2. The quantitative estimate of drug-likeness (QED) is 0.717. The number of hydrogen-bond donors (Lipinski definition) is 3. The average Bonchev–Trinajstić information content (AvgIpc) is 2.68. The molecule has 0 radical (unpaired) electrons. The van der Waals surface area contributed by atoms with Crippen LogP contribution in [-0.2, 0) is 0 Å². The molecule has 4 nitrogen and oxygen atoms in total. The molecule has 1 aromatic carbocycles. The Morgan fingerprint density at radius 2 is 1.94 bits per heavy atom. The van der Waals surface area contributed by atoms with E-state index in [1.807, 2.05) is 19.1 Å². The van der Waals surface area contributed by atoms with Crippen LogP contribution in [0.25, 0.3) is 0 Å². The Morgan fingerprint density at radius 3 is 2.53 bits per heavy atom. The Labute approximate surface area is 102 Å². The number of thiophene rings is 1. The zero-order chi connectivity index (χ0) is 12.4. The molecular weight excluding hydrogens is 238 g/mol. The van der Waals surface area contributed by atoms with E-state index in [2.05, 4.69) is 5.32 Å². The van der Waals surface area contributed by atoms with E-state index in [0.29, 0.717) is 5.56 Å². The van der Waals surface area contributed by atoms with Crippen molar-refractivity contribution in [1.29, 1.82) is 0 Å². The lowest BCUT2D eigenvalue weighted by atomic mass is 10.2. The van der Waals surface area contributed by atoms with E-state index in [0.717, 1.165) is 9.88 Å². The molecule has 0 aliphatic rings. The molecule has 0 saturated carbocycles. The second kappa shape index (κ2) is 4.47. The third-order valence-corrected chi connectivity index (χ3v) is 3.13. The fourth-order valence-corrected chi connectivity index (χ4v) is 2.11. The van der Waals surface area contributed by atoms with Gasteiger partial charge in [0.2, 0.25) is 0 Å². The van der Waals surface area contributed by atoms with Crippen molar-refractivity contribution in [2.75, 3.05) is 5.32 Å². The van der Waals surface area contributed by atoms with Crippen LogP contribution < -0.4 is 5.32 Å². The number of carbonyl (C=O) groups excluding carboxylic acids is 1. The first-order valence-corrected chi connectivity index (χ1v) is 5.77. The number of anilines is 1. The zero-order valence-electron chi connectivity index (χ0n) is 9.10. The van der Waals surface area contributed by atoms with Crippen LogP contribution in [0.1, 0.15) is 15.2 Å². The molecule has 0 atom stereocenters. The van der Waals surface area contributed by atoms with Crippen LogP contribution in [0.3, 0.4) is 0 Å². The number of nitrogens with one attached hydrogen (secondary N) is 1. The Bertz CT molecular complexity index is 563. The highest BCUT2D eigenvalue weighted by atomic mass is 32.1. The van der Waals surface area contributed by atoms with Crippen LogP contribution in [0.5, 0.6) is 11.5 Å². The minimum Gasteiger partial charge on any atom is -0.504 e. The van der Waals surface area contributed by atoms with E-state index >= 15 is 0 Å². The maximum absolute atomic E-state index is 11.8. The van der Waals surface area contributed by atoms with Gasteiger partial charge in [-0.25, -0.2) is 0 Å². The van der Waals surface area contributed by atoms with Crippen molar-refractivity contribution < 1.29 is 15.0 Å². The molecule has 3 N–H and O–H groups in total. The zero-order valence-corrected chi connectivity index (χ0v) is 9.91. The Hall–Kier alpha value is -2.01. The molecule has 2 aromatic rings.